The van der Waals surface area contributed by atoms with E-state index in [9.17, 15) is 9.59 Å². The molecule has 2 rings (SSSR count). The van der Waals surface area contributed by atoms with Gasteiger partial charge in [0.1, 0.15) is 0 Å². The molecule has 0 aliphatic rings. The molecule has 6 heteroatoms. The van der Waals surface area contributed by atoms with E-state index in [2.05, 4.69) is 21.7 Å². The molecule has 0 atom stereocenters. The van der Waals surface area contributed by atoms with Gasteiger partial charge in [-0.25, -0.2) is 0 Å². The number of H-pyrrole nitrogens is 1. The molecule has 0 saturated heterocycles. The smallest absolute Gasteiger partial charge is 0.253 e. The van der Waals surface area contributed by atoms with E-state index in [0.717, 1.165) is 33.7 Å². The van der Waals surface area contributed by atoms with Crippen molar-refractivity contribution in [1.29, 1.82) is 5.26 Å². The van der Waals surface area contributed by atoms with Crippen LogP contribution in [0.4, 0.5) is 5.69 Å². The molecule has 1 heterocycles. The van der Waals surface area contributed by atoms with Crippen molar-refractivity contribution in [3.05, 3.63) is 51.8 Å². The lowest BCUT2D eigenvalue weighted by Crippen LogP contribution is -2.19. The summed E-state index contributed by atoms with van der Waals surface area (Å²) in [5, 5.41) is 14.2. The summed E-state index contributed by atoms with van der Waals surface area (Å²) < 4.78 is 0. The number of aromatic amines is 1. The number of aryl methyl sites for hydroxylation is 2. The highest BCUT2D eigenvalue weighted by Crippen LogP contribution is 2.29. The molecule has 1 aromatic heterocycles. The number of aromatic nitrogens is 1. The van der Waals surface area contributed by atoms with Crippen LogP contribution in [-0.4, -0.2) is 24.3 Å². The van der Waals surface area contributed by atoms with E-state index in [4.69, 9.17) is 5.26 Å². The zero-order valence-electron chi connectivity index (χ0n) is 16.1. The van der Waals surface area contributed by atoms with Gasteiger partial charge in [-0.1, -0.05) is 6.07 Å². The van der Waals surface area contributed by atoms with Crippen LogP contribution in [0.15, 0.2) is 18.2 Å². The maximum absolute atomic E-state index is 12.1. The summed E-state index contributed by atoms with van der Waals surface area (Å²) >= 11 is 0. The SMILES string of the molecule is CNC(=O)c1c(C)[nH]c(/C=C(\C)c2cc(CCC#N)ccc2NC=O)c1C. The van der Waals surface area contributed by atoms with E-state index in [1.807, 2.05) is 45.0 Å². The van der Waals surface area contributed by atoms with Gasteiger partial charge in [-0.3, -0.25) is 9.59 Å². The van der Waals surface area contributed by atoms with E-state index in [1.54, 1.807) is 7.05 Å². The van der Waals surface area contributed by atoms with Crippen molar-refractivity contribution in [3.63, 3.8) is 0 Å². The van der Waals surface area contributed by atoms with Crippen molar-refractivity contribution in [2.24, 2.45) is 0 Å². The molecule has 3 N–H and O–H groups in total. The van der Waals surface area contributed by atoms with Gasteiger partial charge in [-0.05, 0) is 62.1 Å². The minimum atomic E-state index is -0.125. The molecule has 0 saturated carbocycles. The van der Waals surface area contributed by atoms with E-state index < -0.39 is 0 Å². The third-order valence-electron chi connectivity index (χ3n) is 4.54. The average Bonchev–Trinajstić information content (AvgIpc) is 2.93. The monoisotopic (exact) mass is 364 g/mol. The number of benzene rings is 1. The van der Waals surface area contributed by atoms with Gasteiger partial charge in [0.05, 0.1) is 11.6 Å². The van der Waals surface area contributed by atoms with E-state index in [0.29, 0.717) is 30.5 Å². The highest BCUT2D eigenvalue weighted by atomic mass is 16.1. The Morgan fingerprint density at radius 1 is 1.33 bits per heavy atom. The van der Waals surface area contributed by atoms with E-state index in [1.165, 1.54) is 0 Å². The number of nitriles is 1. The molecule has 6 nitrogen and oxygen atoms in total. The molecule has 0 spiro atoms. The largest absolute Gasteiger partial charge is 0.358 e. The Balaban J connectivity index is 2.49. The lowest BCUT2D eigenvalue weighted by molar-refractivity contribution is -0.105. The van der Waals surface area contributed by atoms with Crippen LogP contribution in [0.5, 0.6) is 0 Å². The van der Waals surface area contributed by atoms with Crippen LogP contribution in [0, 0.1) is 25.2 Å². The van der Waals surface area contributed by atoms with Crippen molar-refractivity contribution in [1.82, 2.24) is 10.3 Å². The van der Waals surface area contributed by atoms with Crippen LogP contribution in [-0.2, 0) is 11.2 Å². The average molecular weight is 364 g/mol. The van der Waals surface area contributed by atoms with Crippen molar-refractivity contribution in [3.8, 4) is 6.07 Å². The Bertz CT molecular complexity index is 932. The molecule has 2 aromatic rings. The fourth-order valence-corrected chi connectivity index (χ4v) is 3.14. The van der Waals surface area contributed by atoms with Gasteiger partial charge in [0.15, 0.2) is 0 Å². The van der Waals surface area contributed by atoms with Crippen LogP contribution < -0.4 is 10.6 Å². The van der Waals surface area contributed by atoms with Crippen LogP contribution in [0.2, 0.25) is 0 Å². The molecular weight excluding hydrogens is 340 g/mol. The van der Waals surface area contributed by atoms with Gasteiger partial charge in [-0.2, -0.15) is 5.26 Å². The topological polar surface area (TPSA) is 97.8 Å². The number of hydrogen-bond acceptors (Lipinski definition) is 3. The fourth-order valence-electron chi connectivity index (χ4n) is 3.14. The molecule has 2 amide bonds. The van der Waals surface area contributed by atoms with E-state index in [-0.39, 0.29) is 5.91 Å². The molecule has 1 aromatic carbocycles. The summed E-state index contributed by atoms with van der Waals surface area (Å²) in [7, 11) is 1.61. The third-order valence-corrected chi connectivity index (χ3v) is 4.54. The first-order valence-corrected chi connectivity index (χ1v) is 8.72. The van der Waals surface area contributed by atoms with Gasteiger partial charge in [0, 0.05) is 36.1 Å². The van der Waals surface area contributed by atoms with Gasteiger partial charge in [0.25, 0.3) is 5.91 Å². The zero-order valence-corrected chi connectivity index (χ0v) is 16.1. The minimum absolute atomic E-state index is 0.125. The highest BCUT2D eigenvalue weighted by Gasteiger charge is 2.16. The number of rotatable bonds is 7. The summed E-state index contributed by atoms with van der Waals surface area (Å²) in [5.41, 5.74) is 6.72. The Hall–Kier alpha value is -3.33. The maximum Gasteiger partial charge on any atom is 0.253 e. The van der Waals surface area contributed by atoms with Gasteiger partial charge < -0.3 is 15.6 Å². The summed E-state index contributed by atoms with van der Waals surface area (Å²) in [6.07, 6.45) is 3.70. The Morgan fingerprint density at radius 3 is 2.70 bits per heavy atom. The van der Waals surface area contributed by atoms with Gasteiger partial charge >= 0.3 is 0 Å². The lowest BCUT2D eigenvalue weighted by atomic mass is 9.98. The van der Waals surface area contributed by atoms with Crippen molar-refractivity contribution < 1.29 is 9.59 Å². The number of amides is 2. The van der Waals surface area contributed by atoms with Crippen molar-refractivity contribution in [2.45, 2.75) is 33.6 Å². The molecule has 0 aliphatic heterocycles. The van der Waals surface area contributed by atoms with Crippen molar-refractivity contribution >= 4 is 29.7 Å². The fraction of sp³-hybridized carbons (Fsp3) is 0.286. The summed E-state index contributed by atoms with van der Waals surface area (Å²) in [6, 6.07) is 7.89. The first-order chi connectivity index (χ1) is 12.9. The van der Waals surface area contributed by atoms with Gasteiger partial charge in [-0.15, -0.1) is 0 Å². The molecule has 140 valence electrons. The summed E-state index contributed by atoms with van der Waals surface area (Å²) in [4.78, 5) is 26.3. The number of carbonyl (C=O) groups excluding carboxylic acids is 2. The molecule has 0 aliphatic carbocycles. The maximum atomic E-state index is 12.1. The van der Waals surface area contributed by atoms with Crippen LogP contribution in [0.3, 0.4) is 0 Å². The molecule has 0 unspecified atom stereocenters. The molecule has 0 radical (unpaired) electrons. The van der Waals surface area contributed by atoms with Crippen LogP contribution in [0.1, 0.15) is 51.8 Å². The number of carbonyl (C=O) groups is 2. The molecular formula is C21H24N4O2. The summed E-state index contributed by atoms with van der Waals surface area (Å²) in [6.45, 7) is 5.72. The normalized spacial score (nSPS) is 11.0. The van der Waals surface area contributed by atoms with Crippen LogP contribution in [0.25, 0.3) is 11.6 Å². The first kappa shape index (κ1) is 20.0. The standard InChI is InChI=1S/C21H24N4O2/c1-13(10-19-14(2)20(15(3)25-19)21(27)23-4)17-11-16(6-5-9-22)7-8-18(17)24-12-26/h7-8,10-12,25H,5-6H2,1-4H3,(H,23,27)(H,24,26)/b13-10+. The third kappa shape index (κ3) is 4.45. The minimum Gasteiger partial charge on any atom is -0.358 e. The summed E-state index contributed by atoms with van der Waals surface area (Å²) in [5.74, 6) is -0.125. The highest BCUT2D eigenvalue weighted by molar-refractivity contribution is 5.98. The molecule has 0 fully saturated rings. The van der Waals surface area contributed by atoms with Gasteiger partial charge in [0.2, 0.25) is 6.41 Å². The number of nitrogens with zero attached hydrogens (tertiary/aromatic N) is 1. The second-order valence-corrected chi connectivity index (χ2v) is 6.37. The van der Waals surface area contributed by atoms with Crippen molar-refractivity contribution in [2.75, 3.05) is 12.4 Å². The quantitative estimate of drug-likeness (QED) is 0.655. The van der Waals surface area contributed by atoms with Crippen LogP contribution >= 0.6 is 0 Å². The zero-order chi connectivity index (χ0) is 20.0. The Morgan fingerprint density at radius 2 is 2.07 bits per heavy atom. The number of allylic oxidation sites excluding steroid dienone is 1. The predicted octanol–water partition coefficient (Wildman–Crippen LogP) is 3.58. The second kappa shape index (κ2) is 8.86. The molecule has 27 heavy (non-hydrogen) atoms. The predicted molar refractivity (Wildman–Crippen MR) is 107 cm³/mol. The number of nitrogens with one attached hydrogen (secondary N) is 3. The first-order valence-electron chi connectivity index (χ1n) is 8.72. The van der Waals surface area contributed by atoms with E-state index >= 15 is 0 Å². The molecule has 0 bridgehead atoms. The second-order valence-electron chi connectivity index (χ2n) is 6.37. The Labute approximate surface area is 159 Å². The number of hydrogen-bond donors (Lipinski definition) is 3. The Kier molecular flexibility index (Phi) is 6.56. The number of anilines is 1. The lowest BCUT2D eigenvalue weighted by Gasteiger charge is -2.11.